The van der Waals surface area contributed by atoms with E-state index < -0.39 is 25.6 Å². The molecule has 0 heterocycles. The van der Waals surface area contributed by atoms with Gasteiger partial charge in [0.15, 0.2) is 0 Å². The molecule has 1 aromatic rings. The van der Waals surface area contributed by atoms with E-state index >= 15 is 0 Å². The lowest BCUT2D eigenvalue weighted by Crippen LogP contribution is -2.05. The summed E-state index contributed by atoms with van der Waals surface area (Å²) >= 11 is 0. The van der Waals surface area contributed by atoms with Crippen LogP contribution in [0.25, 0.3) is 0 Å². The Balaban J connectivity index is 3.09. The number of nitro benzene ring substituents is 1. The molecule has 0 radical (unpaired) electrons. The molecule has 19 heavy (non-hydrogen) atoms. The third-order valence-electron chi connectivity index (χ3n) is 2.32. The van der Waals surface area contributed by atoms with Gasteiger partial charge in [0.05, 0.1) is 9.82 Å². The fourth-order valence-electron chi connectivity index (χ4n) is 1.39. The van der Waals surface area contributed by atoms with Gasteiger partial charge in [0.1, 0.15) is 0 Å². The number of nitro groups is 1. The molecule has 0 bridgehead atoms. The van der Waals surface area contributed by atoms with Crippen LogP contribution >= 0.6 is 0 Å². The largest absolute Gasteiger partial charge is 0.287 e. The van der Waals surface area contributed by atoms with Gasteiger partial charge >= 0.3 is 0 Å². The Bertz CT molecular complexity index is 579. The van der Waals surface area contributed by atoms with Gasteiger partial charge in [0.2, 0.25) is 0 Å². The van der Waals surface area contributed by atoms with Crippen LogP contribution in [-0.4, -0.2) is 24.8 Å². The van der Waals surface area contributed by atoms with Crippen LogP contribution < -0.4 is 0 Å². The van der Waals surface area contributed by atoms with Crippen LogP contribution in [-0.2, 0) is 20.7 Å². The summed E-state index contributed by atoms with van der Waals surface area (Å²) in [6, 6.07) is 4.79. The molecule has 1 aromatic carbocycles. The van der Waals surface area contributed by atoms with Gasteiger partial charge in [-0.15, -0.1) is 3.77 Å². The average Bonchev–Trinajstić information content (AvgIpc) is 2.38. The van der Waals surface area contributed by atoms with Gasteiger partial charge in [-0.05, 0) is 18.6 Å². The summed E-state index contributed by atoms with van der Waals surface area (Å²) in [6.45, 7) is 3.87. The summed E-state index contributed by atoms with van der Waals surface area (Å²) in [5.41, 5.74) is -0.137. The van der Waals surface area contributed by atoms with E-state index in [1.807, 2.05) is 13.8 Å². The van der Waals surface area contributed by atoms with Crippen LogP contribution in [0.1, 0.15) is 20.3 Å². The van der Waals surface area contributed by atoms with Crippen molar-refractivity contribution >= 4 is 26.4 Å². The van der Waals surface area contributed by atoms with Crippen LogP contribution in [0.15, 0.2) is 32.9 Å². The summed E-state index contributed by atoms with van der Waals surface area (Å²) in [4.78, 5) is 9.94. The van der Waals surface area contributed by atoms with Crippen LogP contribution in [0.5, 0.6) is 0 Å². The molecule has 1 atom stereocenters. The van der Waals surface area contributed by atoms with Gasteiger partial charge in [-0.2, -0.15) is 8.42 Å². The Morgan fingerprint density at radius 1 is 1.26 bits per heavy atom. The number of sulfonamides is 1. The molecule has 0 amide bonds. The fraction of sp³-hybridized carbons (Fsp3) is 0.455. The van der Waals surface area contributed by atoms with Gasteiger partial charge in [-0.25, -0.2) is 0 Å². The SMILES string of the molecule is CCCS(CC)=NS(=O)(=O)c1ccc([N+](=O)[O-])cc1. The minimum Gasteiger partial charge on any atom is -0.258 e. The third-order valence-corrected chi connectivity index (χ3v) is 6.36. The predicted molar refractivity (Wildman–Crippen MR) is 75.8 cm³/mol. The van der Waals surface area contributed by atoms with Crippen LogP contribution in [0.4, 0.5) is 5.69 Å². The first-order chi connectivity index (χ1) is 8.90. The molecule has 106 valence electrons. The fourth-order valence-corrected chi connectivity index (χ4v) is 4.81. The van der Waals surface area contributed by atoms with Gasteiger partial charge in [-0.3, -0.25) is 10.1 Å². The normalized spacial score (nSPS) is 13.4. The smallest absolute Gasteiger partial charge is 0.258 e. The second-order valence-electron chi connectivity index (χ2n) is 3.76. The highest BCUT2D eigenvalue weighted by atomic mass is 32.3. The molecule has 0 N–H and O–H groups in total. The highest BCUT2D eigenvalue weighted by Crippen LogP contribution is 2.18. The van der Waals surface area contributed by atoms with Crippen LogP contribution in [0.3, 0.4) is 0 Å². The lowest BCUT2D eigenvalue weighted by atomic mass is 10.3. The Morgan fingerprint density at radius 2 is 1.84 bits per heavy atom. The Hall–Kier alpha value is -1.28. The van der Waals surface area contributed by atoms with Gasteiger partial charge < -0.3 is 0 Å². The molecule has 0 aliphatic rings. The minimum absolute atomic E-state index is 0.000142. The number of nitrogens with zero attached hydrogens (tertiary/aromatic N) is 2. The molecular weight excluding hydrogens is 288 g/mol. The molecule has 0 aliphatic carbocycles. The zero-order chi connectivity index (χ0) is 14.5. The molecule has 0 aromatic heterocycles. The number of benzene rings is 1. The lowest BCUT2D eigenvalue weighted by molar-refractivity contribution is -0.384. The highest BCUT2D eigenvalue weighted by molar-refractivity contribution is 8.00. The minimum atomic E-state index is -3.72. The molecule has 8 heteroatoms. The molecule has 0 aliphatic heterocycles. The standard InChI is InChI=1S/C11H16N2O4S2/c1-3-9-18(4-2)12-19(16,17)11-7-5-10(6-8-11)13(14)15/h5-8H,3-4,9H2,1-2H3. The molecular formula is C11H16N2O4S2. The first-order valence-corrected chi connectivity index (χ1v) is 8.76. The predicted octanol–water partition coefficient (Wildman–Crippen LogP) is 2.52. The summed E-state index contributed by atoms with van der Waals surface area (Å²) < 4.78 is 27.9. The van der Waals surface area contributed by atoms with Crippen molar-refractivity contribution in [3.05, 3.63) is 34.4 Å². The first kappa shape index (κ1) is 15.8. The van der Waals surface area contributed by atoms with E-state index in [1.165, 1.54) is 24.3 Å². The zero-order valence-electron chi connectivity index (χ0n) is 10.8. The lowest BCUT2D eigenvalue weighted by Gasteiger charge is -2.04. The topological polar surface area (TPSA) is 89.6 Å². The van der Waals surface area contributed by atoms with Crippen molar-refractivity contribution in [2.45, 2.75) is 25.2 Å². The number of hydrogen-bond donors (Lipinski definition) is 0. The van der Waals surface area contributed by atoms with E-state index in [0.29, 0.717) is 5.75 Å². The summed E-state index contributed by atoms with van der Waals surface area (Å²) in [5, 5.41) is 10.5. The summed E-state index contributed by atoms with van der Waals surface area (Å²) in [5.74, 6) is 1.42. The van der Waals surface area contributed by atoms with Gasteiger partial charge in [0.25, 0.3) is 15.7 Å². The maximum absolute atomic E-state index is 12.0. The third kappa shape index (κ3) is 4.39. The quantitative estimate of drug-likeness (QED) is 0.596. The van der Waals surface area contributed by atoms with Crippen molar-refractivity contribution in [1.82, 2.24) is 0 Å². The molecule has 0 fully saturated rings. The second kappa shape index (κ2) is 6.76. The number of hydrogen-bond acceptors (Lipinski definition) is 4. The first-order valence-electron chi connectivity index (χ1n) is 5.80. The molecule has 1 unspecified atom stereocenters. The molecule has 1 rings (SSSR count). The van der Waals surface area contributed by atoms with Crippen molar-refractivity contribution in [1.29, 1.82) is 0 Å². The summed E-state index contributed by atoms with van der Waals surface area (Å²) in [6.07, 6.45) is 0.871. The van der Waals surface area contributed by atoms with Crippen molar-refractivity contribution in [2.75, 3.05) is 11.5 Å². The zero-order valence-corrected chi connectivity index (χ0v) is 12.4. The van der Waals surface area contributed by atoms with Crippen molar-refractivity contribution in [3.8, 4) is 0 Å². The van der Waals surface area contributed by atoms with Gasteiger partial charge in [-0.1, -0.05) is 24.5 Å². The monoisotopic (exact) mass is 304 g/mol. The van der Waals surface area contributed by atoms with Crippen LogP contribution in [0, 0.1) is 10.1 Å². The van der Waals surface area contributed by atoms with Crippen molar-refractivity contribution in [2.24, 2.45) is 3.77 Å². The molecule has 0 saturated carbocycles. The number of rotatable bonds is 6. The molecule has 0 spiro atoms. The van der Waals surface area contributed by atoms with Gasteiger partial charge in [0, 0.05) is 23.6 Å². The maximum atomic E-state index is 12.0. The summed E-state index contributed by atoms with van der Waals surface area (Å²) in [7, 11) is -4.23. The van der Waals surface area contributed by atoms with E-state index in [9.17, 15) is 18.5 Å². The second-order valence-corrected chi connectivity index (χ2v) is 7.68. The van der Waals surface area contributed by atoms with E-state index in [-0.39, 0.29) is 10.6 Å². The van der Waals surface area contributed by atoms with E-state index in [1.54, 1.807) is 0 Å². The van der Waals surface area contributed by atoms with E-state index in [4.69, 9.17) is 0 Å². The van der Waals surface area contributed by atoms with Crippen LogP contribution in [0.2, 0.25) is 0 Å². The molecule has 0 saturated heterocycles. The van der Waals surface area contributed by atoms with Crippen molar-refractivity contribution in [3.63, 3.8) is 0 Å². The average molecular weight is 304 g/mol. The Morgan fingerprint density at radius 3 is 2.26 bits per heavy atom. The van der Waals surface area contributed by atoms with E-state index in [2.05, 4.69) is 3.77 Å². The Kier molecular flexibility index (Phi) is 5.61. The highest BCUT2D eigenvalue weighted by Gasteiger charge is 2.15. The molecule has 6 nitrogen and oxygen atoms in total. The van der Waals surface area contributed by atoms with Crippen molar-refractivity contribution < 1.29 is 13.3 Å². The van der Waals surface area contributed by atoms with E-state index in [0.717, 1.165) is 12.2 Å². The maximum Gasteiger partial charge on any atom is 0.287 e. The number of non-ortho nitro benzene ring substituents is 1. The Labute approximate surface area is 115 Å².